The summed E-state index contributed by atoms with van der Waals surface area (Å²) in [6.07, 6.45) is 0. The molecule has 0 aromatic heterocycles. The smallest absolute Gasteiger partial charge is 0.231 e. The van der Waals surface area contributed by atoms with Crippen LogP contribution in [-0.4, -0.2) is 48.4 Å². The number of amides is 1. The molecule has 2 rings (SSSR count). The molecule has 1 fully saturated rings. The van der Waals surface area contributed by atoms with Gasteiger partial charge in [-0.05, 0) is 24.6 Å². The SMILES string of the molecule is C[C@H](c1ccc(F)c(Cl)c1)N1CCN(CC(N)=O)CC1. The van der Waals surface area contributed by atoms with E-state index in [1.54, 1.807) is 12.1 Å². The second-order valence-electron chi connectivity index (χ2n) is 5.13. The first-order chi connectivity index (χ1) is 9.47. The van der Waals surface area contributed by atoms with Gasteiger partial charge in [0.1, 0.15) is 5.82 Å². The standard InChI is InChI=1S/C14H19ClFN3O/c1-10(11-2-3-13(16)12(15)8-11)19-6-4-18(5-7-19)9-14(17)20/h2-3,8,10H,4-7,9H2,1H3,(H2,17,20)/t10-/m1/s1. The fraction of sp³-hybridized carbons (Fsp3) is 0.500. The van der Waals surface area contributed by atoms with Crippen LogP contribution in [0.5, 0.6) is 0 Å². The van der Waals surface area contributed by atoms with Crippen molar-refractivity contribution in [3.8, 4) is 0 Å². The molecule has 0 radical (unpaired) electrons. The molecule has 1 amide bonds. The highest BCUT2D eigenvalue weighted by atomic mass is 35.5. The van der Waals surface area contributed by atoms with Gasteiger partial charge < -0.3 is 5.73 Å². The second-order valence-corrected chi connectivity index (χ2v) is 5.54. The van der Waals surface area contributed by atoms with E-state index in [1.807, 2.05) is 4.90 Å². The minimum Gasteiger partial charge on any atom is -0.369 e. The maximum Gasteiger partial charge on any atom is 0.231 e. The van der Waals surface area contributed by atoms with E-state index in [1.165, 1.54) is 6.07 Å². The summed E-state index contributed by atoms with van der Waals surface area (Å²) < 4.78 is 13.2. The van der Waals surface area contributed by atoms with Crippen molar-refractivity contribution in [2.75, 3.05) is 32.7 Å². The molecular formula is C14H19ClFN3O. The zero-order valence-electron chi connectivity index (χ0n) is 11.5. The third-order valence-electron chi connectivity index (χ3n) is 3.76. The van der Waals surface area contributed by atoms with E-state index in [0.29, 0.717) is 6.54 Å². The maximum atomic E-state index is 13.2. The zero-order valence-corrected chi connectivity index (χ0v) is 12.2. The van der Waals surface area contributed by atoms with Gasteiger partial charge in [0.25, 0.3) is 0 Å². The molecule has 1 aliphatic heterocycles. The van der Waals surface area contributed by atoms with Gasteiger partial charge in [0.2, 0.25) is 5.91 Å². The van der Waals surface area contributed by atoms with Crippen molar-refractivity contribution in [2.24, 2.45) is 5.73 Å². The maximum absolute atomic E-state index is 13.2. The predicted molar refractivity (Wildman–Crippen MR) is 77.0 cm³/mol. The average molecular weight is 300 g/mol. The largest absolute Gasteiger partial charge is 0.369 e. The summed E-state index contributed by atoms with van der Waals surface area (Å²) in [5.74, 6) is -0.689. The molecule has 1 aromatic carbocycles. The number of nitrogens with two attached hydrogens (primary N) is 1. The highest BCUT2D eigenvalue weighted by Gasteiger charge is 2.23. The molecule has 0 bridgehead atoms. The van der Waals surface area contributed by atoms with Gasteiger partial charge in [0.15, 0.2) is 0 Å². The van der Waals surface area contributed by atoms with Crippen molar-refractivity contribution < 1.29 is 9.18 Å². The number of hydrogen-bond donors (Lipinski definition) is 1. The van der Waals surface area contributed by atoms with Crippen LogP contribution in [0.2, 0.25) is 5.02 Å². The molecule has 20 heavy (non-hydrogen) atoms. The number of carbonyl (C=O) groups excluding carboxylic acids is 1. The zero-order chi connectivity index (χ0) is 14.7. The van der Waals surface area contributed by atoms with Gasteiger partial charge in [-0.1, -0.05) is 17.7 Å². The van der Waals surface area contributed by atoms with Crippen LogP contribution in [0.25, 0.3) is 0 Å². The van der Waals surface area contributed by atoms with Crippen LogP contribution in [0.15, 0.2) is 18.2 Å². The normalized spacial score (nSPS) is 18.9. The fourth-order valence-corrected chi connectivity index (χ4v) is 2.70. The van der Waals surface area contributed by atoms with Crippen molar-refractivity contribution in [3.63, 3.8) is 0 Å². The monoisotopic (exact) mass is 299 g/mol. The van der Waals surface area contributed by atoms with Gasteiger partial charge in [-0.15, -0.1) is 0 Å². The molecular weight excluding hydrogens is 281 g/mol. The van der Waals surface area contributed by atoms with Crippen LogP contribution in [0.3, 0.4) is 0 Å². The lowest BCUT2D eigenvalue weighted by Gasteiger charge is -2.37. The lowest BCUT2D eigenvalue weighted by Crippen LogP contribution is -2.49. The number of rotatable bonds is 4. The molecule has 1 aliphatic rings. The molecule has 6 heteroatoms. The summed E-state index contributed by atoms with van der Waals surface area (Å²) in [6, 6.07) is 5.01. The number of piperazine rings is 1. The van der Waals surface area contributed by atoms with Gasteiger partial charge in [0.05, 0.1) is 11.6 Å². The molecule has 1 saturated heterocycles. The third kappa shape index (κ3) is 3.69. The Morgan fingerprint density at radius 2 is 2.05 bits per heavy atom. The van der Waals surface area contributed by atoms with Crippen molar-refractivity contribution in [1.82, 2.24) is 9.80 Å². The number of halogens is 2. The number of primary amides is 1. The van der Waals surface area contributed by atoms with Gasteiger partial charge in [-0.2, -0.15) is 0 Å². The molecule has 1 heterocycles. The summed E-state index contributed by atoms with van der Waals surface area (Å²) in [5.41, 5.74) is 6.19. The third-order valence-corrected chi connectivity index (χ3v) is 4.05. The first-order valence-electron chi connectivity index (χ1n) is 6.67. The van der Waals surface area contributed by atoms with Crippen molar-refractivity contribution >= 4 is 17.5 Å². The van der Waals surface area contributed by atoms with Crippen LogP contribution in [0, 0.1) is 5.82 Å². The Labute approximate surface area is 123 Å². The van der Waals surface area contributed by atoms with E-state index in [-0.39, 0.29) is 17.0 Å². The van der Waals surface area contributed by atoms with Gasteiger partial charge in [0, 0.05) is 32.2 Å². The van der Waals surface area contributed by atoms with E-state index in [0.717, 1.165) is 31.7 Å². The van der Waals surface area contributed by atoms with Crippen LogP contribution < -0.4 is 5.73 Å². The van der Waals surface area contributed by atoms with Crippen molar-refractivity contribution in [3.05, 3.63) is 34.6 Å². The fourth-order valence-electron chi connectivity index (χ4n) is 2.51. The molecule has 4 nitrogen and oxygen atoms in total. The average Bonchev–Trinajstić information content (AvgIpc) is 2.41. The molecule has 0 saturated carbocycles. The van der Waals surface area contributed by atoms with E-state index in [4.69, 9.17) is 17.3 Å². The Morgan fingerprint density at radius 1 is 1.40 bits per heavy atom. The summed E-state index contributed by atoms with van der Waals surface area (Å²) in [4.78, 5) is 15.2. The topological polar surface area (TPSA) is 49.6 Å². The van der Waals surface area contributed by atoms with E-state index in [9.17, 15) is 9.18 Å². The minimum atomic E-state index is -0.395. The molecule has 2 N–H and O–H groups in total. The Morgan fingerprint density at radius 3 is 2.60 bits per heavy atom. The molecule has 0 spiro atoms. The molecule has 1 aromatic rings. The quantitative estimate of drug-likeness (QED) is 0.919. The van der Waals surface area contributed by atoms with Crippen LogP contribution in [-0.2, 0) is 4.79 Å². The van der Waals surface area contributed by atoms with Crippen molar-refractivity contribution in [1.29, 1.82) is 0 Å². The van der Waals surface area contributed by atoms with Gasteiger partial charge in [-0.3, -0.25) is 14.6 Å². The molecule has 110 valence electrons. The van der Waals surface area contributed by atoms with Crippen LogP contribution in [0.4, 0.5) is 4.39 Å². The summed E-state index contributed by atoms with van der Waals surface area (Å²) in [6.45, 7) is 5.70. The lowest BCUT2D eigenvalue weighted by molar-refractivity contribution is -0.119. The van der Waals surface area contributed by atoms with Crippen LogP contribution in [0.1, 0.15) is 18.5 Å². The minimum absolute atomic E-state index is 0.154. The molecule has 0 unspecified atom stereocenters. The number of carbonyl (C=O) groups is 1. The Kier molecular flexibility index (Phi) is 4.96. The Hall–Kier alpha value is -1.17. The number of nitrogens with zero attached hydrogens (tertiary/aromatic N) is 2. The second kappa shape index (κ2) is 6.52. The summed E-state index contributed by atoms with van der Waals surface area (Å²) in [7, 11) is 0. The van der Waals surface area contributed by atoms with Crippen molar-refractivity contribution in [2.45, 2.75) is 13.0 Å². The van der Waals surface area contributed by atoms with Crippen LogP contribution >= 0.6 is 11.6 Å². The number of benzene rings is 1. The summed E-state index contributed by atoms with van der Waals surface area (Å²) >= 11 is 5.82. The first kappa shape index (κ1) is 15.2. The Bertz CT molecular complexity index is 489. The highest BCUT2D eigenvalue weighted by Crippen LogP contribution is 2.25. The van der Waals surface area contributed by atoms with Gasteiger partial charge >= 0.3 is 0 Å². The number of hydrogen-bond acceptors (Lipinski definition) is 3. The van der Waals surface area contributed by atoms with E-state index in [2.05, 4.69) is 11.8 Å². The predicted octanol–water partition coefficient (Wildman–Crippen LogP) is 1.64. The molecule has 1 atom stereocenters. The highest BCUT2D eigenvalue weighted by molar-refractivity contribution is 6.30. The van der Waals surface area contributed by atoms with E-state index >= 15 is 0 Å². The first-order valence-corrected chi connectivity index (χ1v) is 7.05. The lowest BCUT2D eigenvalue weighted by atomic mass is 10.1. The Balaban J connectivity index is 1.95. The van der Waals surface area contributed by atoms with Gasteiger partial charge in [-0.25, -0.2) is 4.39 Å². The summed E-state index contributed by atoms with van der Waals surface area (Å²) in [5, 5.41) is 0.154. The molecule has 0 aliphatic carbocycles. The van der Waals surface area contributed by atoms with E-state index < -0.39 is 5.82 Å².